The number of rotatable bonds is 2. The average molecular weight is 156 g/mol. The van der Waals surface area contributed by atoms with Crippen molar-refractivity contribution in [1.82, 2.24) is 0 Å². The standard InChI is InChI=1S/C9H16O2/c1-8(2,3)6-7(10)9(11)4-5-9/h11H,4-6H2,1-3H3. The zero-order chi connectivity index (χ0) is 8.70. The van der Waals surface area contributed by atoms with Crippen molar-refractivity contribution < 1.29 is 9.90 Å². The van der Waals surface area contributed by atoms with Crippen LogP contribution in [0.1, 0.15) is 40.0 Å². The minimum Gasteiger partial charge on any atom is -0.382 e. The highest BCUT2D eigenvalue weighted by Crippen LogP contribution is 2.39. The van der Waals surface area contributed by atoms with Crippen molar-refractivity contribution in [2.45, 2.75) is 45.6 Å². The number of ketones is 1. The molecule has 0 amide bonds. The Morgan fingerprint density at radius 3 is 2.18 bits per heavy atom. The van der Waals surface area contributed by atoms with Crippen LogP contribution in [0.2, 0.25) is 0 Å². The third-order valence-corrected chi connectivity index (χ3v) is 1.93. The van der Waals surface area contributed by atoms with Gasteiger partial charge in [0.15, 0.2) is 5.78 Å². The summed E-state index contributed by atoms with van der Waals surface area (Å²) < 4.78 is 0. The summed E-state index contributed by atoms with van der Waals surface area (Å²) in [5, 5.41) is 9.41. The zero-order valence-electron chi connectivity index (χ0n) is 7.48. The van der Waals surface area contributed by atoms with Gasteiger partial charge >= 0.3 is 0 Å². The molecule has 2 heteroatoms. The van der Waals surface area contributed by atoms with Gasteiger partial charge in [0.25, 0.3) is 0 Å². The molecule has 0 aromatic heterocycles. The molecule has 0 unspecified atom stereocenters. The lowest BCUT2D eigenvalue weighted by atomic mass is 9.88. The van der Waals surface area contributed by atoms with Crippen molar-refractivity contribution in [3.63, 3.8) is 0 Å². The fourth-order valence-electron chi connectivity index (χ4n) is 1.04. The highest BCUT2D eigenvalue weighted by atomic mass is 16.3. The van der Waals surface area contributed by atoms with Crippen molar-refractivity contribution in [2.75, 3.05) is 0 Å². The summed E-state index contributed by atoms with van der Waals surface area (Å²) in [6.07, 6.45) is 1.83. The molecule has 1 rings (SSSR count). The molecule has 2 nitrogen and oxygen atoms in total. The average Bonchev–Trinajstić information content (AvgIpc) is 2.44. The summed E-state index contributed by atoms with van der Waals surface area (Å²) in [5.41, 5.74) is -0.914. The monoisotopic (exact) mass is 156 g/mol. The molecule has 0 atom stereocenters. The molecule has 0 bridgehead atoms. The van der Waals surface area contributed by atoms with E-state index >= 15 is 0 Å². The van der Waals surface area contributed by atoms with Crippen LogP contribution in [0.4, 0.5) is 0 Å². The predicted octanol–water partition coefficient (Wildman–Crippen LogP) is 1.52. The van der Waals surface area contributed by atoms with Crippen LogP contribution in [0.25, 0.3) is 0 Å². The molecule has 1 N–H and O–H groups in total. The SMILES string of the molecule is CC(C)(C)CC(=O)C1(O)CC1. The fraction of sp³-hybridized carbons (Fsp3) is 0.889. The molecule has 11 heavy (non-hydrogen) atoms. The first-order valence-electron chi connectivity index (χ1n) is 4.09. The van der Waals surface area contributed by atoms with Crippen LogP contribution in [0.3, 0.4) is 0 Å². The smallest absolute Gasteiger partial charge is 0.164 e. The van der Waals surface area contributed by atoms with Gasteiger partial charge in [-0.15, -0.1) is 0 Å². The van der Waals surface area contributed by atoms with Gasteiger partial charge < -0.3 is 5.11 Å². The topological polar surface area (TPSA) is 37.3 Å². The summed E-state index contributed by atoms with van der Waals surface area (Å²) in [6.45, 7) is 6.03. The first kappa shape index (κ1) is 8.72. The van der Waals surface area contributed by atoms with E-state index in [-0.39, 0.29) is 11.2 Å². The van der Waals surface area contributed by atoms with Gasteiger partial charge in [-0.3, -0.25) is 4.79 Å². The first-order chi connectivity index (χ1) is 4.83. The molecule has 0 spiro atoms. The Labute approximate surface area is 67.6 Å². The highest BCUT2D eigenvalue weighted by Gasteiger charge is 2.48. The first-order valence-corrected chi connectivity index (χ1v) is 4.09. The molecule has 0 radical (unpaired) electrons. The predicted molar refractivity (Wildman–Crippen MR) is 43.3 cm³/mol. The van der Waals surface area contributed by atoms with Crippen molar-refractivity contribution >= 4 is 5.78 Å². The van der Waals surface area contributed by atoms with Crippen molar-refractivity contribution in [2.24, 2.45) is 5.41 Å². The maximum absolute atomic E-state index is 11.3. The summed E-state index contributed by atoms with van der Waals surface area (Å²) in [5.74, 6) is 0.0185. The molecule has 1 fully saturated rings. The Bertz CT molecular complexity index is 172. The van der Waals surface area contributed by atoms with Crippen LogP contribution in [0.5, 0.6) is 0 Å². The van der Waals surface area contributed by atoms with Crippen molar-refractivity contribution in [3.8, 4) is 0 Å². The number of Topliss-reactive ketones (excluding diaryl/α,β-unsaturated/α-hetero) is 1. The van der Waals surface area contributed by atoms with E-state index in [4.69, 9.17) is 0 Å². The second-order valence-corrected chi connectivity index (χ2v) is 4.69. The van der Waals surface area contributed by atoms with E-state index in [0.717, 1.165) is 0 Å². The molecule has 1 saturated carbocycles. The Morgan fingerprint density at radius 2 is 1.91 bits per heavy atom. The van der Waals surface area contributed by atoms with Gasteiger partial charge in [-0.2, -0.15) is 0 Å². The van der Waals surface area contributed by atoms with E-state index in [1.54, 1.807) is 0 Å². The van der Waals surface area contributed by atoms with Crippen molar-refractivity contribution in [1.29, 1.82) is 0 Å². The lowest BCUT2D eigenvalue weighted by Crippen LogP contribution is -2.26. The van der Waals surface area contributed by atoms with E-state index in [0.29, 0.717) is 19.3 Å². The largest absolute Gasteiger partial charge is 0.382 e. The van der Waals surface area contributed by atoms with Crippen LogP contribution in [-0.2, 0) is 4.79 Å². The van der Waals surface area contributed by atoms with E-state index in [9.17, 15) is 9.90 Å². The molecule has 0 saturated heterocycles. The number of carbonyl (C=O) groups excluding carboxylic acids is 1. The number of aliphatic hydroxyl groups is 1. The minimum atomic E-state index is -0.923. The van der Waals surface area contributed by atoms with E-state index in [2.05, 4.69) is 0 Å². The van der Waals surface area contributed by atoms with Crippen LogP contribution in [-0.4, -0.2) is 16.5 Å². The third kappa shape index (κ3) is 2.29. The normalized spacial score (nSPS) is 21.5. The lowest BCUT2D eigenvalue weighted by Gasteiger charge is -2.18. The van der Waals surface area contributed by atoms with Gasteiger partial charge in [-0.25, -0.2) is 0 Å². The molecule has 0 aromatic rings. The molecular formula is C9H16O2. The molecular weight excluding hydrogens is 140 g/mol. The van der Waals surface area contributed by atoms with E-state index in [1.807, 2.05) is 20.8 Å². The molecule has 0 aromatic carbocycles. The quantitative estimate of drug-likeness (QED) is 0.658. The van der Waals surface area contributed by atoms with E-state index < -0.39 is 5.60 Å². The van der Waals surface area contributed by atoms with Crippen LogP contribution in [0.15, 0.2) is 0 Å². The summed E-state index contributed by atoms with van der Waals surface area (Å²) in [4.78, 5) is 11.3. The second kappa shape index (κ2) is 2.31. The molecule has 64 valence electrons. The Balaban J connectivity index is 2.45. The maximum atomic E-state index is 11.3. The van der Waals surface area contributed by atoms with Crippen LogP contribution >= 0.6 is 0 Å². The Hall–Kier alpha value is -0.370. The second-order valence-electron chi connectivity index (χ2n) is 4.69. The van der Waals surface area contributed by atoms with Gasteiger partial charge in [0.1, 0.15) is 5.60 Å². The molecule has 1 aliphatic rings. The summed E-state index contributed by atoms with van der Waals surface area (Å²) in [7, 11) is 0. The number of hydrogen-bond donors (Lipinski definition) is 1. The van der Waals surface area contributed by atoms with Gasteiger partial charge in [0.2, 0.25) is 0 Å². The number of hydrogen-bond acceptors (Lipinski definition) is 2. The van der Waals surface area contributed by atoms with Gasteiger partial charge in [-0.05, 0) is 18.3 Å². The van der Waals surface area contributed by atoms with Gasteiger partial charge in [0.05, 0.1) is 0 Å². The molecule has 1 aliphatic carbocycles. The van der Waals surface area contributed by atoms with E-state index in [1.165, 1.54) is 0 Å². The highest BCUT2D eigenvalue weighted by molar-refractivity contribution is 5.90. The Morgan fingerprint density at radius 1 is 1.45 bits per heavy atom. The van der Waals surface area contributed by atoms with Gasteiger partial charge in [0, 0.05) is 6.42 Å². The zero-order valence-corrected chi connectivity index (χ0v) is 7.48. The summed E-state index contributed by atoms with van der Waals surface area (Å²) in [6, 6.07) is 0. The fourth-order valence-corrected chi connectivity index (χ4v) is 1.04. The van der Waals surface area contributed by atoms with Crippen LogP contribution in [0, 0.1) is 5.41 Å². The Kier molecular flexibility index (Phi) is 1.83. The molecule has 0 heterocycles. The third-order valence-electron chi connectivity index (χ3n) is 1.93. The maximum Gasteiger partial charge on any atom is 0.164 e. The van der Waals surface area contributed by atoms with Crippen LogP contribution < -0.4 is 0 Å². The molecule has 0 aliphatic heterocycles. The number of carbonyl (C=O) groups is 1. The summed E-state index contributed by atoms with van der Waals surface area (Å²) >= 11 is 0. The minimum absolute atomic E-state index is 0.00933. The van der Waals surface area contributed by atoms with Gasteiger partial charge in [-0.1, -0.05) is 20.8 Å². The van der Waals surface area contributed by atoms with Crippen molar-refractivity contribution in [3.05, 3.63) is 0 Å². The lowest BCUT2D eigenvalue weighted by molar-refractivity contribution is -0.130.